The Morgan fingerprint density at radius 1 is 1.47 bits per heavy atom. The third-order valence-electron chi connectivity index (χ3n) is 2.73. The minimum atomic E-state index is -0.332. The summed E-state index contributed by atoms with van der Waals surface area (Å²) in [5, 5.41) is 2.79. The minimum absolute atomic E-state index is 0.0905. The van der Waals surface area contributed by atoms with E-state index in [0.29, 0.717) is 12.5 Å². The van der Waals surface area contributed by atoms with Crippen LogP contribution in [0.3, 0.4) is 0 Å². The molecule has 1 heterocycles. The van der Waals surface area contributed by atoms with Crippen LogP contribution in [0.4, 0.5) is 4.79 Å². The molecule has 4 nitrogen and oxygen atoms in total. The van der Waals surface area contributed by atoms with Gasteiger partial charge in [0.15, 0.2) is 0 Å². The van der Waals surface area contributed by atoms with Crippen LogP contribution >= 0.6 is 0 Å². The highest BCUT2D eigenvalue weighted by atomic mass is 16.5. The van der Waals surface area contributed by atoms with E-state index in [1.807, 2.05) is 20.8 Å². The predicted molar refractivity (Wildman–Crippen MR) is 67.0 cm³/mol. The number of ether oxygens (including phenoxy) is 2. The van der Waals surface area contributed by atoms with Gasteiger partial charge in [-0.05, 0) is 53.4 Å². The van der Waals surface area contributed by atoms with Gasteiger partial charge in [0, 0.05) is 12.1 Å². The van der Waals surface area contributed by atoms with Crippen molar-refractivity contribution in [2.75, 3.05) is 13.2 Å². The number of hydrogen-bond acceptors (Lipinski definition) is 3. The summed E-state index contributed by atoms with van der Waals surface area (Å²) in [4.78, 5) is 11.5. The molecule has 1 aliphatic rings. The van der Waals surface area contributed by atoms with Gasteiger partial charge in [0.1, 0.15) is 0 Å². The third kappa shape index (κ3) is 5.91. The molecule has 1 fully saturated rings. The van der Waals surface area contributed by atoms with Crippen molar-refractivity contribution in [3.63, 3.8) is 0 Å². The molecule has 1 atom stereocenters. The van der Waals surface area contributed by atoms with Gasteiger partial charge >= 0.3 is 6.09 Å². The zero-order valence-corrected chi connectivity index (χ0v) is 11.6. The second-order valence-corrected chi connectivity index (χ2v) is 6.44. The van der Waals surface area contributed by atoms with Crippen LogP contribution in [0.15, 0.2) is 0 Å². The lowest BCUT2D eigenvalue weighted by Crippen LogP contribution is -2.42. The van der Waals surface area contributed by atoms with Gasteiger partial charge in [-0.25, -0.2) is 4.79 Å². The molecule has 0 bridgehead atoms. The summed E-state index contributed by atoms with van der Waals surface area (Å²) < 4.78 is 10.9. The minimum Gasteiger partial charge on any atom is -0.449 e. The van der Waals surface area contributed by atoms with E-state index in [-0.39, 0.29) is 17.2 Å². The highest BCUT2D eigenvalue weighted by molar-refractivity contribution is 5.68. The number of nitrogens with one attached hydrogen (secondary N) is 1. The normalized spacial score (nSPS) is 24.2. The Labute approximate surface area is 104 Å². The lowest BCUT2D eigenvalue weighted by Gasteiger charge is -2.35. The SMILES string of the molecule is CC(C)(C)NC(=O)OCC1CCOC(C)(C)C1. The lowest BCUT2D eigenvalue weighted by atomic mass is 9.89. The Bertz CT molecular complexity index is 268. The number of amides is 1. The molecule has 0 aromatic heterocycles. The Hall–Kier alpha value is -0.770. The van der Waals surface area contributed by atoms with Crippen LogP contribution in [0.25, 0.3) is 0 Å². The van der Waals surface area contributed by atoms with Crippen molar-refractivity contribution in [1.82, 2.24) is 5.32 Å². The van der Waals surface area contributed by atoms with Crippen LogP contribution in [0.1, 0.15) is 47.5 Å². The second kappa shape index (κ2) is 5.25. The summed E-state index contributed by atoms with van der Waals surface area (Å²) >= 11 is 0. The van der Waals surface area contributed by atoms with E-state index in [1.165, 1.54) is 0 Å². The van der Waals surface area contributed by atoms with Gasteiger partial charge in [-0.3, -0.25) is 0 Å². The Kier molecular flexibility index (Phi) is 4.42. The number of rotatable bonds is 2. The second-order valence-electron chi connectivity index (χ2n) is 6.44. The standard InChI is InChI=1S/C13H25NO3/c1-12(2,3)14-11(15)16-9-10-6-7-17-13(4,5)8-10/h10H,6-9H2,1-5H3,(H,14,15). The smallest absolute Gasteiger partial charge is 0.407 e. The van der Waals surface area contributed by atoms with Crippen molar-refractivity contribution in [2.45, 2.75) is 58.6 Å². The number of carbonyl (C=O) groups excluding carboxylic acids is 1. The first-order chi connectivity index (χ1) is 7.68. The Morgan fingerprint density at radius 3 is 2.65 bits per heavy atom. The average Bonchev–Trinajstić information content (AvgIpc) is 2.10. The summed E-state index contributed by atoms with van der Waals surface area (Å²) in [5.74, 6) is 0.407. The van der Waals surface area contributed by atoms with Gasteiger partial charge in [-0.15, -0.1) is 0 Å². The quantitative estimate of drug-likeness (QED) is 0.811. The van der Waals surface area contributed by atoms with Crippen LogP contribution in [-0.2, 0) is 9.47 Å². The molecule has 0 radical (unpaired) electrons. The van der Waals surface area contributed by atoms with E-state index in [9.17, 15) is 4.79 Å². The molecule has 1 rings (SSSR count). The molecule has 0 aliphatic carbocycles. The molecule has 17 heavy (non-hydrogen) atoms. The van der Waals surface area contributed by atoms with Crippen LogP contribution in [-0.4, -0.2) is 30.4 Å². The monoisotopic (exact) mass is 243 g/mol. The van der Waals surface area contributed by atoms with Crippen LogP contribution in [0.2, 0.25) is 0 Å². The molecular formula is C13H25NO3. The third-order valence-corrected chi connectivity index (χ3v) is 2.73. The van der Waals surface area contributed by atoms with Crippen molar-refractivity contribution >= 4 is 6.09 Å². The van der Waals surface area contributed by atoms with E-state index >= 15 is 0 Å². The molecule has 0 aromatic carbocycles. The number of hydrogen-bond donors (Lipinski definition) is 1. The summed E-state index contributed by atoms with van der Waals surface area (Å²) in [6.45, 7) is 11.2. The van der Waals surface area contributed by atoms with E-state index in [0.717, 1.165) is 19.4 Å². The Morgan fingerprint density at radius 2 is 2.12 bits per heavy atom. The van der Waals surface area contributed by atoms with Crippen LogP contribution in [0.5, 0.6) is 0 Å². The molecule has 0 aromatic rings. The van der Waals surface area contributed by atoms with E-state index in [4.69, 9.17) is 9.47 Å². The fourth-order valence-electron chi connectivity index (χ4n) is 2.04. The van der Waals surface area contributed by atoms with Gasteiger partial charge in [-0.1, -0.05) is 0 Å². The van der Waals surface area contributed by atoms with Crippen LogP contribution < -0.4 is 5.32 Å². The van der Waals surface area contributed by atoms with E-state index < -0.39 is 0 Å². The fraction of sp³-hybridized carbons (Fsp3) is 0.923. The largest absolute Gasteiger partial charge is 0.449 e. The maximum absolute atomic E-state index is 11.5. The van der Waals surface area contributed by atoms with Crippen molar-refractivity contribution < 1.29 is 14.3 Å². The zero-order chi connectivity index (χ0) is 13.1. The van der Waals surface area contributed by atoms with Gasteiger partial charge in [0.25, 0.3) is 0 Å². The molecule has 1 aliphatic heterocycles. The van der Waals surface area contributed by atoms with Gasteiger partial charge in [0.05, 0.1) is 12.2 Å². The molecule has 100 valence electrons. The highest BCUT2D eigenvalue weighted by Gasteiger charge is 2.29. The summed E-state index contributed by atoms with van der Waals surface area (Å²) in [6, 6.07) is 0. The Balaban J connectivity index is 2.29. The van der Waals surface area contributed by atoms with Crippen molar-refractivity contribution in [1.29, 1.82) is 0 Å². The van der Waals surface area contributed by atoms with Gasteiger partial charge < -0.3 is 14.8 Å². The fourth-order valence-corrected chi connectivity index (χ4v) is 2.04. The molecule has 1 unspecified atom stereocenters. The molecular weight excluding hydrogens is 218 g/mol. The van der Waals surface area contributed by atoms with Gasteiger partial charge in [-0.2, -0.15) is 0 Å². The predicted octanol–water partition coefficient (Wildman–Crippen LogP) is 2.72. The maximum atomic E-state index is 11.5. The first kappa shape index (κ1) is 14.3. The number of alkyl carbamates (subject to hydrolysis) is 1. The van der Waals surface area contributed by atoms with Crippen molar-refractivity contribution in [3.05, 3.63) is 0 Å². The lowest BCUT2D eigenvalue weighted by molar-refractivity contribution is -0.0811. The molecule has 0 saturated carbocycles. The summed E-state index contributed by atoms with van der Waals surface area (Å²) in [5.41, 5.74) is -0.335. The molecule has 1 amide bonds. The van der Waals surface area contributed by atoms with Crippen LogP contribution in [0, 0.1) is 5.92 Å². The van der Waals surface area contributed by atoms with E-state index in [2.05, 4.69) is 19.2 Å². The molecule has 0 spiro atoms. The van der Waals surface area contributed by atoms with Gasteiger partial charge in [0.2, 0.25) is 0 Å². The molecule has 1 saturated heterocycles. The highest BCUT2D eigenvalue weighted by Crippen LogP contribution is 2.28. The van der Waals surface area contributed by atoms with E-state index in [1.54, 1.807) is 0 Å². The van der Waals surface area contributed by atoms with Crippen molar-refractivity contribution in [2.24, 2.45) is 5.92 Å². The summed E-state index contributed by atoms with van der Waals surface area (Å²) in [6.07, 6.45) is 1.57. The molecule has 1 N–H and O–H groups in total. The number of carbonyl (C=O) groups is 1. The first-order valence-electron chi connectivity index (χ1n) is 6.27. The topological polar surface area (TPSA) is 47.6 Å². The summed E-state index contributed by atoms with van der Waals surface area (Å²) in [7, 11) is 0. The first-order valence-corrected chi connectivity index (χ1v) is 6.27. The maximum Gasteiger partial charge on any atom is 0.407 e. The van der Waals surface area contributed by atoms with Crippen molar-refractivity contribution in [3.8, 4) is 0 Å². The average molecular weight is 243 g/mol. The zero-order valence-electron chi connectivity index (χ0n) is 11.6. The molecule has 4 heteroatoms.